The minimum Gasteiger partial charge on any atom is -0.484 e. The Kier molecular flexibility index (Phi) is 5.51. The molecule has 10 heteroatoms. The fourth-order valence-electron chi connectivity index (χ4n) is 3.71. The molecule has 4 aromatic rings. The summed E-state index contributed by atoms with van der Waals surface area (Å²) in [5.41, 5.74) is 2.85. The van der Waals surface area contributed by atoms with Crippen molar-refractivity contribution in [1.29, 1.82) is 0 Å². The van der Waals surface area contributed by atoms with Crippen LogP contribution in [0.2, 0.25) is 0 Å². The Labute approximate surface area is 190 Å². The van der Waals surface area contributed by atoms with E-state index in [0.29, 0.717) is 25.6 Å². The summed E-state index contributed by atoms with van der Waals surface area (Å²) in [6, 6.07) is 5.83. The van der Waals surface area contributed by atoms with Crippen LogP contribution < -0.4 is 14.8 Å². The molecule has 0 fully saturated rings. The summed E-state index contributed by atoms with van der Waals surface area (Å²) < 4.78 is 13.0. The fraction of sp³-hybridized carbons (Fsp3) is 0.348. The fourth-order valence-corrected chi connectivity index (χ4v) is 3.71. The maximum Gasteiger partial charge on any atom is 0.257 e. The lowest BCUT2D eigenvalue weighted by Gasteiger charge is -2.22. The van der Waals surface area contributed by atoms with Gasteiger partial charge >= 0.3 is 0 Å². The van der Waals surface area contributed by atoms with Crippen molar-refractivity contribution in [1.82, 2.24) is 29.7 Å². The summed E-state index contributed by atoms with van der Waals surface area (Å²) in [4.78, 5) is 17.5. The van der Waals surface area contributed by atoms with E-state index >= 15 is 0 Å². The number of ether oxygens (including phenoxy) is 2. The molecule has 2 N–H and O–H groups in total. The lowest BCUT2D eigenvalue weighted by molar-refractivity contribution is 0.156. The molecule has 0 unspecified atom stereocenters. The van der Waals surface area contributed by atoms with Gasteiger partial charge in [-0.2, -0.15) is 5.10 Å². The highest BCUT2D eigenvalue weighted by molar-refractivity contribution is 5.80. The zero-order chi connectivity index (χ0) is 22.8. The SMILES string of the molecule is CC(C)(CO)n1ncc2cc(-c3cc(NCCc4ccnc5c4OCCO5)ncn3)cnc21. The van der Waals surface area contributed by atoms with Crippen LogP contribution in [0.5, 0.6) is 11.6 Å². The van der Waals surface area contributed by atoms with E-state index in [1.54, 1.807) is 23.3 Å². The van der Waals surface area contributed by atoms with Crippen LogP contribution >= 0.6 is 0 Å². The molecule has 0 saturated heterocycles. The molecular formula is C23H25N7O3. The van der Waals surface area contributed by atoms with Crippen LogP contribution in [0.1, 0.15) is 19.4 Å². The van der Waals surface area contributed by atoms with Crippen LogP contribution in [0.25, 0.3) is 22.3 Å². The summed E-state index contributed by atoms with van der Waals surface area (Å²) in [5.74, 6) is 1.99. The van der Waals surface area contributed by atoms with Gasteiger partial charge in [0.1, 0.15) is 25.4 Å². The number of pyridine rings is 2. The molecule has 1 aliphatic heterocycles. The van der Waals surface area contributed by atoms with Crippen molar-refractivity contribution >= 4 is 16.9 Å². The summed E-state index contributed by atoms with van der Waals surface area (Å²) in [5, 5.41) is 18.3. The predicted molar refractivity (Wildman–Crippen MR) is 122 cm³/mol. The average molecular weight is 447 g/mol. The molecule has 0 radical (unpaired) electrons. The van der Waals surface area contributed by atoms with Crippen molar-refractivity contribution in [2.75, 3.05) is 31.7 Å². The number of aliphatic hydroxyl groups is 1. The van der Waals surface area contributed by atoms with E-state index in [1.807, 2.05) is 32.0 Å². The first-order valence-corrected chi connectivity index (χ1v) is 10.8. The maximum absolute atomic E-state index is 9.66. The van der Waals surface area contributed by atoms with Crippen molar-refractivity contribution in [2.45, 2.75) is 25.8 Å². The van der Waals surface area contributed by atoms with Gasteiger partial charge in [-0.1, -0.05) is 0 Å². The van der Waals surface area contributed by atoms with E-state index in [4.69, 9.17) is 9.47 Å². The third kappa shape index (κ3) is 4.17. The number of hydrogen-bond acceptors (Lipinski definition) is 9. The standard InChI is InChI=1S/C23H25N7O3/c1-23(2,13-31)30-21-17(12-29-30)9-16(11-26-21)18-10-19(28-14-27-18)24-5-3-15-4-6-25-22-20(15)32-7-8-33-22/h4,6,9-12,14,31H,3,5,7-8,13H2,1-2H3,(H,24,27,28). The molecule has 33 heavy (non-hydrogen) atoms. The monoisotopic (exact) mass is 447 g/mol. The van der Waals surface area contributed by atoms with Gasteiger partial charge in [0.25, 0.3) is 5.88 Å². The molecule has 5 rings (SSSR count). The quantitative estimate of drug-likeness (QED) is 0.440. The number of hydrogen-bond donors (Lipinski definition) is 2. The molecule has 0 aromatic carbocycles. The molecule has 10 nitrogen and oxygen atoms in total. The van der Waals surface area contributed by atoms with Crippen LogP contribution in [0.4, 0.5) is 5.82 Å². The molecule has 0 aliphatic carbocycles. The van der Waals surface area contributed by atoms with Crippen LogP contribution in [0.3, 0.4) is 0 Å². The Morgan fingerprint density at radius 1 is 1.09 bits per heavy atom. The summed E-state index contributed by atoms with van der Waals surface area (Å²) in [6.45, 7) is 5.51. The van der Waals surface area contributed by atoms with Crippen molar-refractivity contribution < 1.29 is 14.6 Å². The first-order valence-electron chi connectivity index (χ1n) is 10.8. The van der Waals surface area contributed by atoms with Crippen LogP contribution in [-0.4, -0.2) is 61.2 Å². The Morgan fingerprint density at radius 2 is 1.97 bits per heavy atom. The van der Waals surface area contributed by atoms with Gasteiger partial charge in [0.2, 0.25) is 0 Å². The first-order chi connectivity index (χ1) is 16.0. The van der Waals surface area contributed by atoms with Gasteiger partial charge in [-0.15, -0.1) is 0 Å². The second-order valence-corrected chi connectivity index (χ2v) is 8.43. The van der Waals surface area contributed by atoms with Gasteiger partial charge in [0.15, 0.2) is 11.4 Å². The number of nitrogens with one attached hydrogen (secondary N) is 1. The van der Waals surface area contributed by atoms with Crippen molar-refractivity contribution in [3.63, 3.8) is 0 Å². The third-order valence-corrected chi connectivity index (χ3v) is 5.55. The Bertz CT molecular complexity index is 1290. The highest BCUT2D eigenvalue weighted by Crippen LogP contribution is 2.31. The number of nitrogens with zero attached hydrogens (tertiary/aromatic N) is 6. The summed E-state index contributed by atoms with van der Waals surface area (Å²) >= 11 is 0. The molecular weight excluding hydrogens is 422 g/mol. The topological polar surface area (TPSA) is 120 Å². The summed E-state index contributed by atoms with van der Waals surface area (Å²) in [7, 11) is 0. The number of fused-ring (bicyclic) bond motifs is 2. The largest absolute Gasteiger partial charge is 0.484 e. The van der Waals surface area contributed by atoms with E-state index in [2.05, 4.69) is 30.4 Å². The highest BCUT2D eigenvalue weighted by atomic mass is 16.6. The number of aliphatic hydroxyl groups excluding tert-OH is 1. The lowest BCUT2D eigenvalue weighted by Crippen LogP contribution is -2.31. The van der Waals surface area contributed by atoms with E-state index in [1.165, 1.54) is 6.33 Å². The second kappa shape index (κ2) is 8.62. The predicted octanol–water partition coefficient (Wildman–Crippen LogP) is 2.44. The minimum atomic E-state index is -0.534. The highest BCUT2D eigenvalue weighted by Gasteiger charge is 2.23. The van der Waals surface area contributed by atoms with Crippen molar-refractivity contribution in [3.8, 4) is 22.9 Å². The maximum atomic E-state index is 9.66. The molecule has 5 heterocycles. The number of anilines is 1. The smallest absolute Gasteiger partial charge is 0.257 e. The Hall–Kier alpha value is -3.79. The van der Waals surface area contributed by atoms with Crippen LogP contribution in [0.15, 0.2) is 43.1 Å². The molecule has 4 aromatic heterocycles. The molecule has 0 bridgehead atoms. The van der Waals surface area contributed by atoms with Crippen LogP contribution in [0, 0.1) is 0 Å². The molecule has 0 atom stereocenters. The van der Waals surface area contributed by atoms with Gasteiger partial charge in [-0.05, 0) is 32.4 Å². The Morgan fingerprint density at radius 3 is 2.85 bits per heavy atom. The van der Waals surface area contributed by atoms with E-state index in [0.717, 1.165) is 45.8 Å². The van der Waals surface area contributed by atoms with Gasteiger partial charge in [-0.3, -0.25) is 0 Å². The zero-order valence-corrected chi connectivity index (χ0v) is 18.5. The van der Waals surface area contributed by atoms with Gasteiger partial charge < -0.3 is 19.9 Å². The lowest BCUT2D eigenvalue weighted by atomic mass is 10.1. The van der Waals surface area contributed by atoms with Gasteiger partial charge in [0.05, 0.1) is 24.0 Å². The third-order valence-electron chi connectivity index (χ3n) is 5.55. The van der Waals surface area contributed by atoms with E-state index < -0.39 is 5.54 Å². The van der Waals surface area contributed by atoms with Gasteiger partial charge in [-0.25, -0.2) is 24.6 Å². The number of aromatic nitrogens is 6. The number of rotatable bonds is 7. The average Bonchev–Trinajstić information content (AvgIpc) is 3.29. The molecule has 0 spiro atoms. The Balaban J connectivity index is 1.31. The second-order valence-electron chi connectivity index (χ2n) is 8.43. The first kappa shape index (κ1) is 21.1. The van der Waals surface area contributed by atoms with Crippen molar-refractivity contribution in [3.05, 3.63) is 48.7 Å². The zero-order valence-electron chi connectivity index (χ0n) is 18.5. The van der Waals surface area contributed by atoms with E-state index in [9.17, 15) is 5.11 Å². The van der Waals surface area contributed by atoms with Gasteiger partial charge in [0, 0.05) is 41.5 Å². The normalized spacial score (nSPS) is 13.3. The molecule has 170 valence electrons. The van der Waals surface area contributed by atoms with E-state index in [-0.39, 0.29) is 6.61 Å². The minimum absolute atomic E-state index is 0.0321. The summed E-state index contributed by atoms with van der Waals surface area (Å²) in [6.07, 6.45) is 7.52. The van der Waals surface area contributed by atoms with Crippen molar-refractivity contribution in [2.24, 2.45) is 0 Å². The molecule has 0 amide bonds. The molecule has 1 aliphatic rings. The molecule has 0 saturated carbocycles. The van der Waals surface area contributed by atoms with Crippen LogP contribution in [-0.2, 0) is 12.0 Å².